The number of amides is 1. The largest absolute Gasteiger partial charge is 0.371 e. The Kier molecular flexibility index (Phi) is 3.09. The fourth-order valence-corrected chi connectivity index (χ4v) is 3.67. The first-order valence-corrected chi connectivity index (χ1v) is 6.92. The number of nitrogens with two attached hydrogens (primary N) is 1. The number of likely N-dealkylation sites (tertiary alicyclic amines) is 1. The van der Waals surface area contributed by atoms with Gasteiger partial charge in [-0.25, -0.2) is 0 Å². The molecule has 2 aliphatic heterocycles. The molecule has 4 heteroatoms. The van der Waals surface area contributed by atoms with Gasteiger partial charge in [0.05, 0.1) is 12.2 Å². The zero-order chi connectivity index (χ0) is 11.8. The van der Waals surface area contributed by atoms with E-state index in [-0.39, 0.29) is 5.92 Å². The minimum absolute atomic E-state index is 0.192. The number of hydrogen-bond donors (Lipinski definition) is 1. The van der Waals surface area contributed by atoms with E-state index in [0.717, 1.165) is 45.2 Å². The first-order valence-electron chi connectivity index (χ1n) is 6.92. The lowest BCUT2D eigenvalue weighted by atomic mass is 9.94. The highest BCUT2D eigenvalue weighted by Crippen LogP contribution is 2.34. The molecule has 17 heavy (non-hydrogen) atoms. The van der Waals surface area contributed by atoms with Crippen molar-refractivity contribution in [2.24, 2.45) is 17.6 Å². The fraction of sp³-hybridized carbons (Fsp3) is 0.923. The standard InChI is InChI=1S/C13H22N2O2/c14-6-9-2-1-3-12(9)13(16)15-7-10-4-5-11(8-15)17-10/h9-12H,1-8,14H2. The van der Waals surface area contributed by atoms with Crippen LogP contribution < -0.4 is 5.73 Å². The van der Waals surface area contributed by atoms with Crippen LogP contribution in [0.15, 0.2) is 0 Å². The van der Waals surface area contributed by atoms with Gasteiger partial charge in [-0.15, -0.1) is 0 Å². The van der Waals surface area contributed by atoms with E-state index in [4.69, 9.17) is 10.5 Å². The van der Waals surface area contributed by atoms with E-state index in [0.29, 0.717) is 30.6 Å². The minimum Gasteiger partial charge on any atom is -0.371 e. The van der Waals surface area contributed by atoms with Crippen molar-refractivity contribution < 1.29 is 9.53 Å². The van der Waals surface area contributed by atoms with Crippen molar-refractivity contribution in [1.82, 2.24) is 4.90 Å². The predicted molar refractivity (Wildman–Crippen MR) is 64.4 cm³/mol. The van der Waals surface area contributed by atoms with Crippen LogP contribution in [0.25, 0.3) is 0 Å². The number of fused-ring (bicyclic) bond motifs is 2. The van der Waals surface area contributed by atoms with Crippen LogP contribution in [-0.2, 0) is 9.53 Å². The van der Waals surface area contributed by atoms with Crippen molar-refractivity contribution in [2.45, 2.75) is 44.3 Å². The quantitative estimate of drug-likeness (QED) is 0.772. The van der Waals surface area contributed by atoms with E-state index in [1.54, 1.807) is 0 Å². The van der Waals surface area contributed by atoms with Gasteiger partial charge in [0.2, 0.25) is 5.91 Å². The molecular formula is C13H22N2O2. The van der Waals surface area contributed by atoms with E-state index >= 15 is 0 Å². The average molecular weight is 238 g/mol. The number of rotatable bonds is 2. The Hall–Kier alpha value is -0.610. The summed E-state index contributed by atoms with van der Waals surface area (Å²) in [5, 5.41) is 0. The second-order valence-corrected chi connectivity index (χ2v) is 5.73. The molecule has 0 aromatic heterocycles. The van der Waals surface area contributed by atoms with Gasteiger partial charge < -0.3 is 15.4 Å². The molecule has 0 aromatic carbocycles. The third-order valence-electron chi connectivity index (χ3n) is 4.63. The molecule has 3 rings (SSSR count). The van der Waals surface area contributed by atoms with E-state index in [1.807, 2.05) is 4.90 Å². The maximum absolute atomic E-state index is 12.5. The highest BCUT2D eigenvalue weighted by Gasteiger charge is 2.40. The first kappa shape index (κ1) is 11.5. The molecule has 2 N–H and O–H groups in total. The summed E-state index contributed by atoms with van der Waals surface area (Å²) in [6, 6.07) is 0. The SMILES string of the molecule is NCC1CCCC1C(=O)N1CC2CCC(C1)O2. The second-order valence-electron chi connectivity index (χ2n) is 5.73. The maximum Gasteiger partial charge on any atom is 0.226 e. The predicted octanol–water partition coefficient (Wildman–Crippen LogP) is 0.751. The lowest BCUT2D eigenvalue weighted by Gasteiger charge is -2.34. The lowest BCUT2D eigenvalue weighted by molar-refractivity contribution is -0.145. The summed E-state index contributed by atoms with van der Waals surface area (Å²) in [7, 11) is 0. The van der Waals surface area contributed by atoms with Gasteiger partial charge in [0, 0.05) is 19.0 Å². The van der Waals surface area contributed by atoms with Crippen LogP contribution in [0.1, 0.15) is 32.1 Å². The molecule has 96 valence electrons. The van der Waals surface area contributed by atoms with Crippen LogP contribution in [0.4, 0.5) is 0 Å². The van der Waals surface area contributed by atoms with E-state index in [1.165, 1.54) is 0 Å². The molecule has 4 nitrogen and oxygen atoms in total. The molecule has 0 aromatic rings. The van der Waals surface area contributed by atoms with Gasteiger partial charge >= 0.3 is 0 Å². The van der Waals surface area contributed by atoms with Gasteiger partial charge in [-0.3, -0.25) is 4.79 Å². The zero-order valence-corrected chi connectivity index (χ0v) is 10.3. The van der Waals surface area contributed by atoms with E-state index in [2.05, 4.69) is 0 Å². The van der Waals surface area contributed by atoms with Crippen LogP contribution in [-0.4, -0.2) is 42.6 Å². The summed E-state index contributed by atoms with van der Waals surface area (Å²) in [5.41, 5.74) is 5.76. The van der Waals surface area contributed by atoms with Crippen molar-refractivity contribution in [3.05, 3.63) is 0 Å². The monoisotopic (exact) mass is 238 g/mol. The molecule has 2 bridgehead atoms. The van der Waals surface area contributed by atoms with Gasteiger partial charge in [-0.05, 0) is 38.1 Å². The van der Waals surface area contributed by atoms with Crippen LogP contribution >= 0.6 is 0 Å². The summed E-state index contributed by atoms with van der Waals surface area (Å²) < 4.78 is 5.77. The normalized spacial score (nSPS) is 40.9. The van der Waals surface area contributed by atoms with Crippen LogP contribution in [0.5, 0.6) is 0 Å². The molecule has 0 radical (unpaired) electrons. The Morgan fingerprint density at radius 2 is 1.88 bits per heavy atom. The Labute approximate surface area is 102 Å². The van der Waals surface area contributed by atoms with Gasteiger partial charge in [0.25, 0.3) is 0 Å². The Morgan fingerprint density at radius 1 is 1.18 bits per heavy atom. The number of ether oxygens (including phenoxy) is 1. The highest BCUT2D eigenvalue weighted by atomic mass is 16.5. The number of nitrogens with zero attached hydrogens (tertiary/aromatic N) is 1. The molecule has 3 aliphatic rings. The molecule has 2 heterocycles. The first-order chi connectivity index (χ1) is 8.28. The lowest BCUT2D eigenvalue weighted by Crippen LogP contribution is -2.49. The Bertz CT molecular complexity index is 296. The number of carbonyl (C=O) groups is 1. The third kappa shape index (κ3) is 2.08. The number of hydrogen-bond acceptors (Lipinski definition) is 3. The summed E-state index contributed by atoms with van der Waals surface area (Å²) >= 11 is 0. The van der Waals surface area contributed by atoms with Gasteiger partial charge in [0.15, 0.2) is 0 Å². The fourth-order valence-electron chi connectivity index (χ4n) is 3.67. The zero-order valence-electron chi connectivity index (χ0n) is 10.3. The summed E-state index contributed by atoms with van der Waals surface area (Å²) in [5.74, 6) is 0.957. The topological polar surface area (TPSA) is 55.6 Å². The van der Waals surface area contributed by atoms with Gasteiger partial charge in [-0.1, -0.05) is 6.42 Å². The molecule has 3 fully saturated rings. The molecule has 4 unspecified atom stereocenters. The second kappa shape index (κ2) is 4.58. The van der Waals surface area contributed by atoms with Crippen LogP contribution in [0.2, 0.25) is 0 Å². The maximum atomic E-state index is 12.5. The molecule has 1 saturated carbocycles. The van der Waals surface area contributed by atoms with Crippen molar-refractivity contribution in [2.75, 3.05) is 19.6 Å². The average Bonchev–Trinajstić information content (AvgIpc) is 2.94. The third-order valence-corrected chi connectivity index (χ3v) is 4.63. The molecule has 0 spiro atoms. The van der Waals surface area contributed by atoms with Crippen LogP contribution in [0.3, 0.4) is 0 Å². The van der Waals surface area contributed by atoms with Gasteiger partial charge in [0.1, 0.15) is 0 Å². The Morgan fingerprint density at radius 3 is 2.53 bits per heavy atom. The summed E-state index contributed by atoms with van der Waals surface area (Å²) in [6.07, 6.45) is 6.18. The molecular weight excluding hydrogens is 216 g/mol. The number of morpholine rings is 1. The van der Waals surface area contributed by atoms with Crippen molar-refractivity contribution >= 4 is 5.91 Å². The van der Waals surface area contributed by atoms with E-state index in [9.17, 15) is 4.79 Å². The highest BCUT2D eigenvalue weighted by molar-refractivity contribution is 5.79. The number of carbonyl (C=O) groups excluding carboxylic acids is 1. The minimum atomic E-state index is 0.192. The van der Waals surface area contributed by atoms with Crippen molar-refractivity contribution in [1.29, 1.82) is 0 Å². The Balaban J connectivity index is 1.65. The molecule has 2 saturated heterocycles. The van der Waals surface area contributed by atoms with Crippen molar-refractivity contribution in [3.63, 3.8) is 0 Å². The molecule has 4 atom stereocenters. The summed E-state index contributed by atoms with van der Waals surface area (Å²) in [4.78, 5) is 14.5. The van der Waals surface area contributed by atoms with Gasteiger partial charge in [-0.2, -0.15) is 0 Å². The van der Waals surface area contributed by atoms with Crippen LogP contribution in [0, 0.1) is 11.8 Å². The summed E-state index contributed by atoms with van der Waals surface area (Å²) in [6.45, 7) is 2.28. The molecule has 1 aliphatic carbocycles. The molecule has 1 amide bonds. The smallest absolute Gasteiger partial charge is 0.226 e. The van der Waals surface area contributed by atoms with Crippen molar-refractivity contribution in [3.8, 4) is 0 Å². The van der Waals surface area contributed by atoms with E-state index < -0.39 is 0 Å².